The average molecular weight is 463 g/mol. The van der Waals surface area contributed by atoms with Crippen molar-refractivity contribution in [2.45, 2.75) is 32.7 Å². The number of amides is 1. The van der Waals surface area contributed by atoms with Gasteiger partial charge in [-0.2, -0.15) is 0 Å². The molecule has 1 amide bonds. The van der Waals surface area contributed by atoms with E-state index < -0.39 is 0 Å². The van der Waals surface area contributed by atoms with E-state index in [9.17, 15) is 9.59 Å². The van der Waals surface area contributed by atoms with Gasteiger partial charge in [-0.1, -0.05) is 6.07 Å². The van der Waals surface area contributed by atoms with E-state index in [4.69, 9.17) is 0 Å². The van der Waals surface area contributed by atoms with Crippen molar-refractivity contribution in [3.05, 3.63) is 64.2 Å². The topological polar surface area (TPSA) is 77.5 Å². The highest BCUT2D eigenvalue weighted by Crippen LogP contribution is 2.25. The number of nitrogens with one attached hydrogen (secondary N) is 1. The molecule has 0 unspecified atom stereocenters. The van der Waals surface area contributed by atoms with Gasteiger partial charge >= 0.3 is 0 Å². The lowest BCUT2D eigenvalue weighted by molar-refractivity contribution is 0.0606. The molecule has 1 aliphatic heterocycles. The molecule has 3 heterocycles. The summed E-state index contributed by atoms with van der Waals surface area (Å²) in [6.45, 7) is 6.69. The van der Waals surface area contributed by atoms with Crippen LogP contribution in [0.15, 0.2) is 47.5 Å². The number of piperidine rings is 1. The van der Waals surface area contributed by atoms with Crippen LogP contribution in [0.4, 0.5) is 5.69 Å². The van der Waals surface area contributed by atoms with E-state index in [1.54, 1.807) is 24.5 Å². The highest BCUT2D eigenvalue weighted by molar-refractivity contribution is 5.94. The van der Waals surface area contributed by atoms with E-state index in [2.05, 4.69) is 28.1 Å². The Morgan fingerprint density at radius 1 is 1.15 bits per heavy atom. The zero-order chi connectivity index (χ0) is 24.4. The van der Waals surface area contributed by atoms with Crippen molar-refractivity contribution >= 4 is 11.6 Å². The molecule has 0 radical (unpaired) electrons. The number of nitrogens with zero attached hydrogens (tertiary/aromatic N) is 5. The van der Waals surface area contributed by atoms with Crippen molar-refractivity contribution in [2.75, 3.05) is 45.7 Å². The number of aromatic amines is 1. The number of benzene rings is 1. The van der Waals surface area contributed by atoms with Crippen molar-refractivity contribution in [1.29, 1.82) is 0 Å². The summed E-state index contributed by atoms with van der Waals surface area (Å²) in [5, 5.41) is 3.02. The molecule has 0 aliphatic carbocycles. The fourth-order valence-electron chi connectivity index (χ4n) is 4.65. The molecular formula is C26H34N6O2. The average Bonchev–Trinajstić information content (AvgIpc) is 3.21. The van der Waals surface area contributed by atoms with Gasteiger partial charge in [0.2, 0.25) is 0 Å². The molecule has 0 bridgehead atoms. The van der Waals surface area contributed by atoms with Gasteiger partial charge in [-0.05, 0) is 82.2 Å². The molecular weight excluding hydrogens is 428 g/mol. The van der Waals surface area contributed by atoms with Crippen LogP contribution in [0.1, 0.15) is 35.7 Å². The minimum atomic E-state index is -0.172. The summed E-state index contributed by atoms with van der Waals surface area (Å²) in [4.78, 5) is 37.0. The molecule has 0 atom stereocenters. The first kappa shape index (κ1) is 23.8. The van der Waals surface area contributed by atoms with Gasteiger partial charge in [0.05, 0.1) is 11.1 Å². The Hall–Kier alpha value is -3.39. The third kappa shape index (κ3) is 4.63. The van der Waals surface area contributed by atoms with Gasteiger partial charge in [-0.3, -0.25) is 14.7 Å². The minimum absolute atomic E-state index is 0.00719. The first-order valence-corrected chi connectivity index (χ1v) is 11.8. The molecule has 3 aromatic rings. The zero-order valence-corrected chi connectivity index (χ0v) is 20.7. The van der Waals surface area contributed by atoms with Crippen LogP contribution < -0.4 is 10.5 Å². The number of hydrogen-bond acceptors (Lipinski definition) is 5. The lowest BCUT2D eigenvalue weighted by Crippen LogP contribution is -2.46. The first-order valence-electron chi connectivity index (χ1n) is 11.8. The van der Waals surface area contributed by atoms with Crippen LogP contribution in [0.5, 0.6) is 0 Å². The smallest absolute Gasteiger partial charge is 0.280 e. The third-order valence-electron chi connectivity index (χ3n) is 6.74. The summed E-state index contributed by atoms with van der Waals surface area (Å²) >= 11 is 0. The molecule has 8 nitrogen and oxygen atoms in total. The second-order valence-corrected chi connectivity index (χ2v) is 9.25. The SMILES string of the molecule is CCN(C(=O)c1ccc(-n2[nH]cc(-c3ccc(N(C)C)cc3C)c2=O)nc1)C1CCN(C)CC1. The maximum atomic E-state index is 13.2. The predicted octanol–water partition coefficient (Wildman–Crippen LogP) is 3.16. The molecule has 8 heteroatoms. The maximum absolute atomic E-state index is 13.2. The van der Waals surface area contributed by atoms with E-state index >= 15 is 0 Å². The fourth-order valence-corrected chi connectivity index (χ4v) is 4.65. The predicted molar refractivity (Wildman–Crippen MR) is 136 cm³/mol. The number of rotatable bonds is 6. The molecule has 1 N–H and O–H groups in total. The van der Waals surface area contributed by atoms with Gasteiger partial charge in [0.15, 0.2) is 5.82 Å². The number of likely N-dealkylation sites (tertiary alicyclic amines) is 1. The fraction of sp³-hybridized carbons (Fsp3) is 0.423. The quantitative estimate of drug-likeness (QED) is 0.609. The Kier molecular flexibility index (Phi) is 6.88. The molecule has 1 aliphatic rings. The Morgan fingerprint density at radius 3 is 2.47 bits per heavy atom. The second-order valence-electron chi connectivity index (χ2n) is 9.25. The van der Waals surface area contributed by atoms with E-state index in [0.717, 1.165) is 42.7 Å². The van der Waals surface area contributed by atoms with Crippen LogP contribution in [0.3, 0.4) is 0 Å². The van der Waals surface area contributed by atoms with E-state index in [-0.39, 0.29) is 17.5 Å². The van der Waals surface area contributed by atoms with Gasteiger partial charge in [-0.25, -0.2) is 9.67 Å². The monoisotopic (exact) mass is 462 g/mol. The Bertz CT molecular complexity index is 1200. The maximum Gasteiger partial charge on any atom is 0.280 e. The Balaban J connectivity index is 1.55. The lowest BCUT2D eigenvalue weighted by Gasteiger charge is -2.36. The number of H-pyrrole nitrogens is 1. The van der Waals surface area contributed by atoms with Crippen molar-refractivity contribution in [1.82, 2.24) is 24.6 Å². The molecule has 4 rings (SSSR count). The number of pyridine rings is 1. The standard InChI is InChI=1S/C26H34N6O2/c1-6-31(20-11-13-30(5)14-12-20)25(33)19-7-10-24(27-16-19)32-26(34)23(17-28-32)22-9-8-21(29(3)4)15-18(22)2/h7-10,15-17,20,28H,6,11-14H2,1-5H3. The highest BCUT2D eigenvalue weighted by Gasteiger charge is 2.26. The number of hydrogen-bond donors (Lipinski definition) is 1. The van der Waals surface area contributed by atoms with Crippen molar-refractivity contribution in [3.8, 4) is 16.9 Å². The molecule has 1 fully saturated rings. The number of aryl methyl sites for hydroxylation is 1. The number of aromatic nitrogens is 3. The second kappa shape index (κ2) is 9.85. The van der Waals surface area contributed by atoms with Crippen LogP contribution >= 0.6 is 0 Å². The van der Waals surface area contributed by atoms with Crippen molar-refractivity contribution < 1.29 is 4.79 Å². The first-order chi connectivity index (χ1) is 16.3. The van der Waals surface area contributed by atoms with Crippen LogP contribution in [0.2, 0.25) is 0 Å². The summed E-state index contributed by atoms with van der Waals surface area (Å²) in [7, 11) is 6.10. The van der Waals surface area contributed by atoms with Gasteiger partial charge in [-0.15, -0.1) is 0 Å². The van der Waals surface area contributed by atoms with Gasteiger partial charge in [0, 0.05) is 44.8 Å². The van der Waals surface area contributed by atoms with Crippen molar-refractivity contribution in [2.24, 2.45) is 0 Å². The van der Waals surface area contributed by atoms with E-state index in [0.29, 0.717) is 23.5 Å². The van der Waals surface area contributed by atoms with Crippen LogP contribution in [-0.4, -0.2) is 77.3 Å². The highest BCUT2D eigenvalue weighted by atomic mass is 16.2. The molecule has 180 valence electrons. The summed E-state index contributed by atoms with van der Waals surface area (Å²) in [5.74, 6) is 0.449. The zero-order valence-electron chi connectivity index (χ0n) is 20.7. The summed E-state index contributed by atoms with van der Waals surface area (Å²) in [6, 6.07) is 9.77. The van der Waals surface area contributed by atoms with Crippen molar-refractivity contribution in [3.63, 3.8) is 0 Å². The van der Waals surface area contributed by atoms with Crippen LogP contribution in [0, 0.1) is 6.92 Å². The normalized spacial score (nSPS) is 14.9. The minimum Gasteiger partial charge on any atom is -0.378 e. The Morgan fingerprint density at radius 2 is 1.88 bits per heavy atom. The third-order valence-corrected chi connectivity index (χ3v) is 6.74. The van der Waals surface area contributed by atoms with E-state index in [1.807, 2.05) is 49.9 Å². The molecule has 0 saturated carbocycles. The number of anilines is 1. The van der Waals surface area contributed by atoms with Crippen LogP contribution in [0.25, 0.3) is 16.9 Å². The number of carbonyl (C=O) groups is 1. The van der Waals surface area contributed by atoms with Gasteiger partial charge in [0.1, 0.15) is 0 Å². The molecule has 1 aromatic carbocycles. The van der Waals surface area contributed by atoms with E-state index in [1.165, 1.54) is 4.68 Å². The summed E-state index contributed by atoms with van der Waals surface area (Å²) in [6.07, 6.45) is 5.24. The summed E-state index contributed by atoms with van der Waals surface area (Å²) < 4.78 is 1.41. The largest absolute Gasteiger partial charge is 0.378 e. The Labute approximate surface area is 200 Å². The lowest BCUT2D eigenvalue weighted by atomic mass is 10.0. The molecule has 34 heavy (non-hydrogen) atoms. The number of carbonyl (C=O) groups excluding carboxylic acids is 1. The molecule has 1 saturated heterocycles. The van der Waals surface area contributed by atoms with Crippen LogP contribution in [-0.2, 0) is 0 Å². The summed E-state index contributed by atoms with van der Waals surface area (Å²) in [5.41, 5.74) is 3.95. The van der Waals surface area contributed by atoms with Gasteiger partial charge in [0.25, 0.3) is 11.5 Å². The molecule has 2 aromatic heterocycles. The molecule has 0 spiro atoms. The van der Waals surface area contributed by atoms with Gasteiger partial charge < -0.3 is 14.7 Å².